The molecule has 0 unspecified atom stereocenters. The first-order valence-corrected chi connectivity index (χ1v) is 9.91. The van der Waals surface area contributed by atoms with E-state index >= 15 is 0 Å². The highest BCUT2D eigenvalue weighted by atomic mass is 32.2. The van der Waals surface area contributed by atoms with Gasteiger partial charge in [0.2, 0.25) is 10.0 Å². The number of aromatic nitrogens is 2. The molecule has 0 amide bonds. The minimum atomic E-state index is -3.19. The van der Waals surface area contributed by atoms with Crippen LogP contribution in [0.4, 0.5) is 5.82 Å². The van der Waals surface area contributed by atoms with Gasteiger partial charge in [0.25, 0.3) is 0 Å². The van der Waals surface area contributed by atoms with Crippen LogP contribution in [0.15, 0.2) is 30.3 Å². The summed E-state index contributed by atoms with van der Waals surface area (Å²) in [4.78, 5) is 11.3. The van der Waals surface area contributed by atoms with E-state index in [1.807, 2.05) is 13.0 Å². The van der Waals surface area contributed by atoms with E-state index in [-0.39, 0.29) is 6.04 Å². The Kier molecular flexibility index (Phi) is 3.58. The number of hydrogen-bond acceptors (Lipinski definition) is 5. The lowest BCUT2D eigenvalue weighted by molar-refractivity contribution is 0.198. The minimum absolute atomic E-state index is 0.162. The van der Waals surface area contributed by atoms with E-state index in [1.54, 1.807) is 0 Å². The van der Waals surface area contributed by atoms with E-state index in [9.17, 15) is 8.42 Å². The Balaban J connectivity index is 1.64. The highest BCUT2D eigenvalue weighted by Gasteiger charge is 2.37. The molecule has 0 bridgehead atoms. The molecule has 24 heavy (non-hydrogen) atoms. The van der Waals surface area contributed by atoms with Crippen LogP contribution in [0.1, 0.15) is 35.1 Å². The van der Waals surface area contributed by atoms with Gasteiger partial charge in [0.05, 0.1) is 18.0 Å². The maximum atomic E-state index is 11.8. The maximum absolute atomic E-state index is 11.8. The molecule has 1 aromatic carbocycles. The van der Waals surface area contributed by atoms with Crippen molar-refractivity contribution in [3.8, 4) is 0 Å². The quantitative estimate of drug-likeness (QED) is 0.852. The number of benzene rings is 1. The SMILES string of the molecule is Cc1nc([C@@H]2CCN2S(C)(=O)=O)cc(N2Cc3ccccc3C2)n1. The Hall–Kier alpha value is -1.99. The molecule has 0 radical (unpaired) electrons. The number of aryl methyl sites for hydroxylation is 1. The van der Waals surface area contributed by atoms with Crippen LogP contribution in [-0.2, 0) is 23.1 Å². The van der Waals surface area contributed by atoms with Gasteiger partial charge >= 0.3 is 0 Å². The van der Waals surface area contributed by atoms with Crippen molar-refractivity contribution in [2.24, 2.45) is 0 Å². The summed E-state index contributed by atoms with van der Waals surface area (Å²) in [6, 6.07) is 10.2. The van der Waals surface area contributed by atoms with Gasteiger partial charge in [0.15, 0.2) is 0 Å². The first kappa shape index (κ1) is 15.5. The fourth-order valence-electron chi connectivity index (χ4n) is 3.46. The highest BCUT2D eigenvalue weighted by molar-refractivity contribution is 7.88. The topological polar surface area (TPSA) is 66.4 Å². The van der Waals surface area contributed by atoms with E-state index in [4.69, 9.17) is 0 Å². The van der Waals surface area contributed by atoms with E-state index in [1.165, 1.54) is 21.7 Å². The Labute approximate surface area is 142 Å². The number of rotatable bonds is 3. The molecule has 1 fully saturated rings. The number of hydrogen-bond donors (Lipinski definition) is 0. The summed E-state index contributed by atoms with van der Waals surface area (Å²) >= 11 is 0. The molecule has 1 aromatic heterocycles. The Morgan fingerprint density at radius 1 is 1.12 bits per heavy atom. The maximum Gasteiger partial charge on any atom is 0.211 e. The summed E-state index contributed by atoms with van der Waals surface area (Å²) in [7, 11) is -3.19. The zero-order valence-electron chi connectivity index (χ0n) is 13.8. The summed E-state index contributed by atoms with van der Waals surface area (Å²) in [5, 5.41) is 0. The van der Waals surface area contributed by atoms with Crippen molar-refractivity contribution in [3.05, 3.63) is 53.0 Å². The third-order valence-corrected chi connectivity index (χ3v) is 6.04. The zero-order valence-corrected chi connectivity index (χ0v) is 14.6. The predicted molar refractivity (Wildman–Crippen MR) is 92.0 cm³/mol. The lowest BCUT2D eigenvalue weighted by atomic mass is 10.0. The summed E-state index contributed by atoms with van der Waals surface area (Å²) in [5.41, 5.74) is 3.43. The van der Waals surface area contributed by atoms with Crippen molar-refractivity contribution in [3.63, 3.8) is 0 Å². The molecule has 2 aromatic rings. The Morgan fingerprint density at radius 2 is 1.79 bits per heavy atom. The van der Waals surface area contributed by atoms with Crippen LogP contribution in [-0.4, -0.2) is 35.5 Å². The van der Waals surface area contributed by atoms with Gasteiger partial charge in [-0.1, -0.05) is 24.3 Å². The van der Waals surface area contributed by atoms with Gasteiger partial charge in [-0.05, 0) is 24.5 Å². The summed E-state index contributed by atoms with van der Waals surface area (Å²) in [6.45, 7) is 4.08. The molecule has 0 spiro atoms. The lowest BCUT2D eigenvalue weighted by Gasteiger charge is -2.38. The van der Waals surface area contributed by atoms with Crippen LogP contribution >= 0.6 is 0 Å². The molecule has 1 atom stereocenters. The fraction of sp³-hybridized carbons (Fsp3) is 0.412. The van der Waals surface area contributed by atoms with Crippen molar-refractivity contribution in [2.75, 3.05) is 17.7 Å². The van der Waals surface area contributed by atoms with E-state index < -0.39 is 10.0 Å². The van der Waals surface area contributed by atoms with Crippen molar-refractivity contribution in [2.45, 2.75) is 32.5 Å². The molecule has 0 saturated carbocycles. The second-order valence-corrected chi connectivity index (χ2v) is 8.44. The molecular formula is C17H20N4O2S. The van der Waals surface area contributed by atoms with Gasteiger partial charge in [-0.2, -0.15) is 4.31 Å². The highest BCUT2D eigenvalue weighted by Crippen LogP contribution is 2.36. The molecule has 0 N–H and O–H groups in total. The van der Waals surface area contributed by atoms with Crippen LogP contribution in [0.5, 0.6) is 0 Å². The van der Waals surface area contributed by atoms with E-state index in [0.29, 0.717) is 12.4 Å². The normalized spacial score (nSPS) is 20.8. The standard InChI is InChI=1S/C17H20N4O2S/c1-12-18-15(16-7-8-21(16)24(2,22)23)9-17(19-12)20-10-13-5-3-4-6-14(13)11-20/h3-6,9,16H,7-8,10-11H2,1-2H3/t16-/m0/s1. The third kappa shape index (κ3) is 2.67. The molecule has 3 heterocycles. The molecule has 6 nitrogen and oxygen atoms in total. The van der Waals surface area contributed by atoms with Crippen LogP contribution in [0.3, 0.4) is 0 Å². The van der Waals surface area contributed by atoms with Crippen LogP contribution < -0.4 is 4.90 Å². The average Bonchev–Trinajstić information content (AvgIpc) is 2.87. The molecule has 2 aliphatic heterocycles. The monoisotopic (exact) mass is 344 g/mol. The average molecular weight is 344 g/mol. The first-order valence-electron chi connectivity index (χ1n) is 8.06. The summed E-state index contributed by atoms with van der Waals surface area (Å²) < 4.78 is 25.2. The van der Waals surface area contributed by atoms with Gasteiger partial charge in [-0.15, -0.1) is 0 Å². The number of fused-ring (bicyclic) bond motifs is 1. The lowest BCUT2D eigenvalue weighted by Crippen LogP contribution is -2.44. The van der Waals surface area contributed by atoms with Crippen molar-refractivity contribution >= 4 is 15.8 Å². The van der Waals surface area contributed by atoms with Gasteiger partial charge in [0.1, 0.15) is 11.6 Å². The van der Waals surface area contributed by atoms with Crippen LogP contribution in [0.2, 0.25) is 0 Å². The van der Waals surface area contributed by atoms with Gasteiger partial charge < -0.3 is 4.90 Å². The first-order chi connectivity index (χ1) is 11.4. The van der Waals surface area contributed by atoms with E-state index in [0.717, 1.165) is 31.0 Å². The van der Waals surface area contributed by atoms with Gasteiger partial charge in [0, 0.05) is 25.7 Å². The molecule has 4 rings (SSSR count). The summed E-state index contributed by atoms with van der Waals surface area (Å²) in [6.07, 6.45) is 2.06. The minimum Gasteiger partial charge on any atom is -0.348 e. The third-order valence-electron chi connectivity index (χ3n) is 4.75. The van der Waals surface area contributed by atoms with Crippen molar-refractivity contribution in [1.82, 2.24) is 14.3 Å². The summed E-state index contributed by atoms with van der Waals surface area (Å²) in [5.74, 6) is 1.55. The Morgan fingerprint density at radius 3 is 2.33 bits per heavy atom. The molecular weight excluding hydrogens is 324 g/mol. The molecule has 2 aliphatic rings. The zero-order chi connectivity index (χ0) is 16.9. The second kappa shape index (κ2) is 5.53. The second-order valence-electron chi connectivity index (χ2n) is 6.50. The van der Waals surface area contributed by atoms with Gasteiger partial charge in [-0.25, -0.2) is 18.4 Å². The van der Waals surface area contributed by atoms with Crippen molar-refractivity contribution < 1.29 is 8.42 Å². The molecule has 0 aliphatic carbocycles. The number of sulfonamides is 1. The Bertz CT molecular complexity index is 872. The predicted octanol–water partition coefficient (Wildman–Crippen LogP) is 2.01. The van der Waals surface area contributed by atoms with E-state index in [2.05, 4.69) is 39.1 Å². The molecule has 126 valence electrons. The molecule has 7 heteroatoms. The van der Waals surface area contributed by atoms with Crippen molar-refractivity contribution in [1.29, 1.82) is 0 Å². The van der Waals surface area contributed by atoms with Crippen LogP contribution in [0, 0.1) is 6.92 Å². The van der Waals surface area contributed by atoms with Crippen LogP contribution in [0.25, 0.3) is 0 Å². The number of nitrogens with zero attached hydrogens (tertiary/aromatic N) is 4. The van der Waals surface area contributed by atoms with Gasteiger partial charge in [-0.3, -0.25) is 0 Å². The fourth-order valence-corrected chi connectivity index (χ4v) is 4.57. The molecule has 1 saturated heterocycles. The largest absolute Gasteiger partial charge is 0.348 e. The smallest absolute Gasteiger partial charge is 0.211 e. The number of anilines is 1.